The highest BCUT2D eigenvalue weighted by molar-refractivity contribution is 6.01. The predicted molar refractivity (Wildman–Crippen MR) is 101 cm³/mol. The third-order valence-electron chi connectivity index (χ3n) is 4.00. The molecule has 1 saturated heterocycles. The maximum Gasteiger partial charge on any atom is 0.262 e. The Morgan fingerprint density at radius 2 is 2.22 bits per heavy atom. The quantitative estimate of drug-likeness (QED) is 0.384. The van der Waals surface area contributed by atoms with E-state index in [0.717, 1.165) is 19.4 Å². The summed E-state index contributed by atoms with van der Waals surface area (Å²) in [6.45, 7) is 4.35. The number of nitriles is 1. The number of methoxy groups -OCH3 is 1. The zero-order valence-corrected chi connectivity index (χ0v) is 15.8. The Kier molecular flexibility index (Phi) is 8.62. The van der Waals surface area contributed by atoms with E-state index < -0.39 is 5.91 Å². The highest BCUT2D eigenvalue weighted by Crippen LogP contribution is 2.29. The van der Waals surface area contributed by atoms with Gasteiger partial charge < -0.3 is 24.3 Å². The smallest absolute Gasteiger partial charge is 0.262 e. The Morgan fingerprint density at radius 1 is 1.37 bits per heavy atom. The molecule has 1 aliphatic heterocycles. The fraction of sp³-hybridized carbons (Fsp3) is 0.500. The van der Waals surface area contributed by atoms with Crippen LogP contribution in [0.1, 0.15) is 25.3 Å². The Morgan fingerprint density at radius 3 is 2.89 bits per heavy atom. The molecule has 0 spiro atoms. The van der Waals surface area contributed by atoms with Crippen molar-refractivity contribution in [2.75, 3.05) is 40.1 Å². The van der Waals surface area contributed by atoms with Gasteiger partial charge in [0.05, 0.1) is 19.3 Å². The second-order valence-electron chi connectivity index (χ2n) is 6.00. The summed E-state index contributed by atoms with van der Waals surface area (Å²) in [5.41, 5.74) is 0.713. The first-order chi connectivity index (χ1) is 13.2. The fourth-order valence-electron chi connectivity index (χ4n) is 2.66. The molecule has 1 fully saturated rings. The number of benzene rings is 1. The van der Waals surface area contributed by atoms with Gasteiger partial charge in [-0.2, -0.15) is 5.26 Å². The van der Waals surface area contributed by atoms with Gasteiger partial charge in [-0.15, -0.1) is 0 Å². The minimum atomic E-state index is -0.411. The van der Waals surface area contributed by atoms with Gasteiger partial charge in [0.25, 0.3) is 5.91 Å². The number of nitrogens with one attached hydrogen (secondary N) is 1. The highest BCUT2D eigenvalue weighted by atomic mass is 16.5. The summed E-state index contributed by atoms with van der Waals surface area (Å²) in [6.07, 6.45) is 3.49. The van der Waals surface area contributed by atoms with Crippen molar-refractivity contribution in [2.24, 2.45) is 0 Å². The first-order valence-corrected chi connectivity index (χ1v) is 9.08. The van der Waals surface area contributed by atoms with E-state index in [1.54, 1.807) is 25.3 Å². The number of carbonyl (C=O) groups excluding carboxylic acids is 1. The van der Waals surface area contributed by atoms with Crippen molar-refractivity contribution in [1.29, 1.82) is 5.26 Å². The maximum absolute atomic E-state index is 12.3. The van der Waals surface area contributed by atoms with Crippen LogP contribution in [0.3, 0.4) is 0 Å². The third-order valence-corrected chi connectivity index (χ3v) is 4.00. The molecule has 0 saturated carbocycles. The van der Waals surface area contributed by atoms with Gasteiger partial charge in [0.15, 0.2) is 11.5 Å². The molecule has 1 heterocycles. The zero-order chi connectivity index (χ0) is 19.5. The third kappa shape index (κ3) is 6.59. The minimum Gasteiger partial charge on any atom is -0.490 e. The zero-order valence-electron chi connectivity index (χ0n) is 15.8. The minimum absolute atomic E-state index is 0.0296. The molecule has 0 aliphatic carbocycles. The average molecular weight is 374 g/mol. The van der Waals surface area contributed by atoms with Gasteiger partial charge in [-0.05, 0) is 43.5 Å². The van der Waals surface area contributed by atoms with Crippen molar-refractivity contribution >= 4 is 12.0 Å². The standard InChI is InChI=1S/C20H26N2O5/c1-3-25-19-12-15(6-7-18(19)27-10-9-24-2)11-16(13-21)20(23)22-14-17-5-4-8-26-17/h6-7,11-12,17H,3-5,8-10,14H2,1-2H3,(H,22,23)/b16-11+/t17-/m1/s1. The fourth-order valence-corrected chi connectivity index (χ4v) is 2.66. The van der Waals surface area contributed by atoms with E-state index in [1.165, 1.54) is 6.08 Å². The molecule has 0 aromatic heterocycles. The lowest BCUT2D eigenvalue weighted by atomic mass is 10.1. The summed E-state index contributed by atoms with van der Waals surface area (Å²) in [6, 6.07) is 7.23. The molecule has 2 rings (SSSR count). The molecule has 0 radical (unpaired) electrons. The van der Waals surface area contributed by atoms with Gasteiger partial charge in [-0.1, -0.05) is 6.07 Å². The number of hydrogen-bond donors (Lipinski definition) is 1. The lowest BCUT2D eigenvalue weighted by Gasteiger charge is -2.13. The molecule has 146 valence electrons. The molecule has 1 N–H and O–H groups in total. The van der Waals surface area contributed by atoms with E-state index in [9.17, 15) is 10.1 Å². The number of nitrogens with zero attached hydrogens (tertiary/aromatic N) is 1. The lowest BCUT2D eigenvalue weighted by Crippen LogP contribution is -2.32. The van der Waals surface area contributed by atoms with E-state index in [0.29, 0.717) is 43.4 Å². The molecule has 1 aromatic carbocycles. The Labute approximate surface area is 159 Å². The van der Waals surface area contributed by atoms with Crippen LogP contribution in [0, 0.1) is 11.3 Å². The summed E-state index contributed by atoms with van der Waals surface area (Å²) < 4.78 is 21.7. The molecule has 0 bridgehead atoms. The van der Waals surface area contributed by atoms with Crippen LogP contribution >= 0.6 is 0 Å². The van der Waals surface area contributed by atoms with Crippen LogP contribution in [0.5, 0.6) is 11.5 Å². The molecule has 7 nitrogen and oxygen atoms in total. The van der Waals surface area contributed by atoms with Crippen molar-refractivity contribution in [3.63, 3.8) is 0 Å². The van der Waals surface area contributed by atoms with Gasteiger partial charge in [0.2, 0.25) is 0 Å². The second kappa shape index (κ2) is 11.2. The van der Waals surface area contributed by atoms with E-state index in [4.69, 9.17) is 18.9 Å². The monoisotopic (exact) mass is 374 g/mol. The van der Waals surface area contributed by atoms with Gasteiger partial charge in [0, 0.05) is 20.3 Å². The molecule has 1 aromatic rings. The number of rotatable bonds is 10. The topological polar surface area (TPSA) is 89.8 Å². The highest BCUT2D eigenvalue weighted by Gasteiger charge is 2.17. The predicted octanol–water partition coefficient (Wildman–Crippen LogP) is 2.31. The van der Waals surface area contributed by atoms with Crippen molar-refractivity contribution in [3.8, 4) is 17.6 Å². The van der Waals surface area contributed by atoms with Crippen LogP contribution in [0.4, 0.5) is 0 Å². The summed E-state index contributed by atoms with van der Waals surface area (Å²) in [5, 5.41) is 12.1. The van der Waals surface area contributed by atoms with E-state index >= 15 is 0 Å². The van der Waals surface area contributed by atoms with Crippen molar-refractivity contribution in [1.82, 2.24) is 5.32 Å². The van der Waals surface area contributed by atoms with E-state index in [1.807, 2.05) is 13.0 Å². The SMILES string of the molecule is CCOc1cc(/C=C(\C#N)C(=O)NC[C@H]2CCCO2)ccc1OCCOC. The maximum atomic E-state index is 12.3. The Hall–Kier alpha value is -2.56. The number of hydrogen-bond acceptors (Lipinski definition) is 6. The van der Waals surface area contributed by atoms with Crippen LogP contribution in [-0.2, 0) is 14.3 Å². The molecule has 7 heteroatoms. The summed E-state index contributed by atoms with van der Waals surface area (Å²) >= 11 is 0. The molecular weight excluding hydrogens is 348 g/mol. The largest absolute Gasteiger partial charge is 0.490 e. The molecule has 1 aliphatic rings. The van der Waals surface area contributed by atoms with Crippen molar-refractivity contribution in [3.05, 3.63) is 29.3 Å². The van der Waals surface area contributed by atoms with Gasteiger partial charge in [-0.3, -0.25) is 4.79 Å². The molecule has 1 atom stereocenters. The molecule has 0 unspecified atom stereocenters. The molecule has 1 amide bonds. The first-order valence-electron chi connectivity index (χ1n) is 9.08. The van der Waals surface area contributed by atoms with Crippen molar-refractivity contribution in [2.45, 2.75) is 25.9 Å². The molecular formula is C20H26N2O5. The summed E-state index contributed by atoms with van der Waals surface area (Å²) in [5.74, 6) is 0.734. The van der Waals surface area contributed by atoms with Crippen LogP contribution in [0.25, 0.3) is 6.08 Å². The molecule has 27 heavy (non-hydrogen) atoms. The van der Waals surface area contributed by atoms with E-state index in [2.05, 4.69) is 5.32 Å². The number of carbonyl (C=O) groups is 1. The van der Waals surface area contributed by atoms with Crippen LogP contribution < -0.4 is 14.8 Å². The van der Waals surface area contributed by atoms with Crippen LogP contribution in [0.2, 0.25) is 0 Å². The Bertz CT molecular complexity index is 690. The normalized spacial score (nSPS) is 16.6. The second-order valence-corrected chi connectivity index (χ2v) is 6.00. The Balaban J connectivity index is 2.07. The summed E-state index contributed by atoms with van der Waals surface area (Å²) in [4.78, 5) is 12.3. The summed E-state index contributed by atoms with van der Waals surface area (Å²) in [7, 11) is 1.61. The van der Waals surface area contributed by atoms with Gasteiger partial charge >= 0.3 is 0 Å². The van der Waals surface area contributed by atoms with Crippen LogP contribution in [-0.4, -0.2) is 52.1 Å². The van der Waals surface area contributed by atoms with Crippen LogP contribution in [0.15, 0.2) is 23.8 Å². The van der Waals surface area contributed by atoms with E-state index in [-0.39, 0.29) is 11.7 Å². The average Bonchev–Trinajstić information content (AvgIpc) is 3.19. The number of amides is 1. The van der Waals surface area contributed by atoms with Gasteiger partial charge in [0.1, 0.15) is 18.2 Å². The number of ether oxygens (including phenoxy) is 4. The first kappa shape index (κ1) is 20.7. The lowest BCUT2D eigenvalue weighted by molar-refractivity contribution is -0.117. The van der Waals surface area contributed by atoms with Crippen molar-refractivity contribution < 1.29 is 23.7 Å². The van der Waals surface area contributed by atoms with Gasteiger partial charge in [-0.25, -0.2) is 0 Å².